The topological polar surface area (TPSA) is 96.1 Å². The number of nitrogens with zero attached hydrogens (tertiary/aromatic N) is 3. The molecule has 6 heteroatoms. The summed E-state index contributed by atoms with van der Waals surface area (Å²) in [6, 6.07) is 1.95. The van der Waals surface area contributed by atoms with Gasteiger partial charge in [0.2, 0.25) is 5.69 Å². The number of rotatable bonds is 3. The van der Waals surface area contributed by atoms with E-state index in [1.807, 2.05) is 6.07 Å². The van der Waals surface area contributed by atoms with Crippen molar-refractivity contribution >= 4 is 5.97 Å². The molecule has 0 aromatic carbocycles. The van der Waals surface area contributed by atoms with Gasteiger partial charge < -0.3 is 9.84 Å². The summed E-state index contributed by atoms with van der Waals surface area (Å²) in [4.78, 5) is 19.1. The van der Waals surface area contributed by atoms with Crippen molar-refractivity contribution in [2.45, 2.75) is 38.7 Å². The number of carboxylic acid groups (broad SMARTS) is 1. The second kappa shape index (κ2) is 5.65. The Morgan fingerprint density at radius 1 is 1.58 bits per heavy atom. The zero-order valence-corrected chi connectivity index (χ0v) is 10.7. The Labute approximate surface area is 111 Å². The lowest BCUT2D eigenvalue weighted by Gasteiger charge is -2.26. The highest BCUT2D eigenvalue weighted by Gasteiger charge is 2.29. The van der Waals surface area contributed by atoms with Gasteiger partial charge in [-0.3, -0.25) is 4.79 Å². The van der Waals surface area contributed by atoms with Crippen LogP contribution in [0.5, 0.6) is 5.88 Å². The van der Waals surface area contributed by atoms with E-state index in [9.17, 15) is 4.79 Å². The minimum atomic E-state index is -0.788. The van der Waals surface area contributed by atoms with E-state index >= 15 is 0 Å². The molecule has 0 amide bonds. The van der Waals surface area contributed by atoms with Crippen molar-refractivity contribution in [2.75, 3.05) is 0 Å². The van der Waals surface area contributed by atoms with E-state index < -0.39 is 5.97 Å². The van der Waals surface area contributed by atoms with Crippen LogP contribution in [0.1, 0.15) is 37.1 Å². The number of nitriles is 1. The van der Waals surface area contributed by atoms with Gasteiger partial charge in [-0.1, -0.05) is 0 Å². The quantitative estimate of drug-likeness (QED) is 0.889. The van der Waals surface area contributed by atoms with Crippen LogP contribution in [0.25, 0.3) is 0 Å². The highest BCUT2D eigenvalue weighted by atomic mass is 16.5. The molecule has 0 spiro atoms. The highest BCUT2D eigenvalue weighted by molar-refractivity contribution is 5.70. The summed E-state index contributed by atoms with van der Waals surface area (Å²) in [6.07, 6.45) is 4.05. The molecule has 6 nitrogen and oxygen atoms in total. The Morgan fingerprint density at radius 2 is 2.37 bits per heavy atom. The van der Waals surface area contributed by atoms with Crippen molar-refractivity contribution in [2.24, 2.45) is 5.92 Å². The molecular formula is C13H15N3O3. The predicted molar refractivity (Wildman–Crippen MR) is 65.5 cm³/mol. The van der Waals surface area contributed by atoms with Crippen LogP contribution >= 0.6 is 0 Å². The average molecular weight is 261 g/mol. The molecule has 0 unspecified atom stereocenters. The van der Waals surface area contributed by atoms with Crippen molar-refractivity contribution in [3.63, 3.8) is 0 Å². The summed E-state index contributed by atoms with van der Waals surface area (Å²) < 4.78 is 5.65. The van der Waals surface area contributed by atoms with Crippen LogP contribution in [0.15, 0.2) is 6.20 Å². The summed E-state index contributed by atoms with van der Waals surface area (Å²) in [5.74, 6) is -0.962. The van der Waals surface area contributed by atoms with E-state index in [0.29, 0.717) is 18.5 Å². The first-order chi connectivity index (χ1) is 9.10. The summed E-state index contributed by atoms with van der Waals surface area (Å²) in [6.45, 7) is 1.75. The van der Waals surface area contributed by atoms with Crippen molar-refractivity contribution in [3.05, 3.63) is 17.6 Å². The summed E-state index contributed by atoms with van der Waals surface area (Å²) in [5.41, 5.74) is 0.799. The molecule has 1 aromatic heterocycles. The fraction of sp³-hybridized carbons (Fsp3) is 0.538. The summed E-state index contributed by atoms with van der Waals surface area (Å²) in [7, 11) is 0. The monoisotopic (exact) mass is 261 g/mol. The van der Waals surface area contributed by atoms with Gasteiger partial charge in [-0.25, -0.2) is 9.97 Å². The number of ether oxygens (including phenoxy) is 1. The first-order valence-electron chi connectivity index (χ1n) is 6.23. The Bertz CT molecular complexity index is 524. The standard InChI is InChI=1S/C13H15N3O3/c1-8-7-15-12(11(6-14)16-8)19-10-4-2-3-9(5-10)13(17)18/h7,9-10H,2-5H2,1H3,(H,17,18)/t9-,10-/m0/s1. The van der Waals surface area contributed by atoms with E-state index in [4.69, 9.17) is 15.1 Å². The number of carboxylic acids is 1. The van der Waals surface area contributed by atoms with Gasteiger partial charge in [0.05, 0.1) is 17.8 Å². The maximum absolute atomic E-state index is 11.0. The van der Waals surface area contributed by atoms with Crippen LogP contribution < -0.4 is 4.74 Å². The van der Waals surface area contributed by atoms with E-state index in [0.717, 1.165) is 12.8 Å². The number of carbonyl (C=O) groups is 1. The normalized spacial score (nSPS) is 22.5. The second-order valence-corrected chi connectivity index (χ2v) is 4.72. The Morgan fingerprint density at radius 3 is 3.05 bits per heavy atom. The highest BCUT2D eigenvalue weighted by Crippen LogP contribution is 2.28. The molecule has 19 heavy (non-hydrogen) atoms. The van der Waals surface area contributed by atoms with E-state index in [1.54, 1.807) is 6.92 Å². The first kappa shape index (κ1) is 13.3. The van der Waals surface area contributed by atoms with Crippen LogP contribution in [-0.4, -0.2) is 27.1 Å². The van der Waals surface area contributed by atoms with Gasteiger partial charge in [-0.15, -0.1) is 0 Å². The number of hydrogen-bond donors (Lipinski definition) is 1. The van der Waals surface area contributed by atoms with Crippen LogP contribution in [0.4, 0.5) is 0 Å². The first-order valence-corrected chi connectivity index (χ1v) is 6.23. The molecule has 0 aliphatic heterocycles. The molecule has 1 aliphatic carbocycles. The van der Waals surface area contributed by atoms with Crippen LogP contribution in [-0.2, 0) is 4.79 Å². The Kier molecular flexibility index (Phi) is 3.95. The lowest BCUT2D eigenvalue weighted by molar-refractivity contribution is -0.143. The second-order valence-electron chi connectivity index (χ2n) is 4.72. The predicted octanol–water partition coefficient (Wildman–Crippen LogP) is 1.68. The number of aryl methyl sites for hydroxylation is 1. The van der Waals surface area contributed by atoms with Gasteiger partial charge in [0.15, 0.2) is 0 Å². The van der Waals surface area contributed by atoms with E-state index in [-0.39, 0.29) is 23.6 Å². The maximum atomic E-state index is 11.0. The van der Waals surface area contributed by atoms with Crippen LogP contribution in [0.3, 0.4) is 0 Å². The third kappa shape index (κ3) is 3.19. The molecular weight excluding hydrogens is 246 g/mol. The average Bonchev–Trinajstić information content (AvgIpc) is 2.41. The van der Waals surface area contributed by atoms with Gasteiger partial charge >= 0.3 is 5.97 Å². The van der Waals surface area contributed by atoms with Gasteiger partial charge in [0.25, 0.3) is 5.88 Å². The summed E-state index contributed by atoms with van der Waals surface area (Å²) >= 11 is 0. The maximum Gasteiger partial charge on any atom is 0.306 e. The van der Waals surface area contributed by atoms with Crippen molar-refractivity contribution in [3.8, 4) is 11.9 Å². The zero-order chi connectivity index (χ0) is 13.8. The van der Waals surface area contributed by atoms with Crippen LogP contribution in [0.2, 0.25) is 0 Å². The Balaban J connectivity index is 2.09. The summed E-state index contributed by atoms with van der Waals surface area (Å²) in [5, 5.41) is 18.0. The SMILES string of the molecule is Cc1cnc(O[C@H]2CCC[C@H](C(=O)O)C2)c(C#N)n1. The van der Waals surface area contributed by atoms with Gasteiger partial charge in [-0.05, 0) is 32.6 Å². The van der Waals surface area contributed by atoms with Crippen LogP contribution in [0, 0.1) is 24.2 Å². The van der Waals surface area contributed by atoms with Crippen molar-refractivity contribution in [1.29, 1.82) is 5.26 Å². The molecule has 1 fully saturated rings. The number of aliphatic carboxylic acids is 1. The van der Waals surface area contributed by atoms with Gasteiger partial charge in [-0.2, -0.15) is 5.26 Å². The minimum absolute atomic E-state index is 0.150. The van der Waals surface area contributed by atoms with E-state index in [1.165, 1.54) is 6.20 Å². The number of aromatic nitrogens is 2. The molecule has 2 atom stereocenters. The lowest BCUT2D eigenvalue weighted by atomic mass is 9.87. The van der Waals surface area contributed by atoms with Gasteiger partial charge in [0, 0.05) is 0 Å². The number of hydrogen-bond acceptors (Lipinski definition) is 5. The lowest BCUT2D eigenvalue weighted by Crippen LogP contribution is -2.30. The third-order valence-electron chi connectivity index (χ3n) is 3.22. The molecule has 1 saturated carbocycles. The van der Waals surface area contributed by atoms with E-state index in [2.05, 4.69) is 9.97 Å². The molecule has 1 aromatic rings. The van der Waals surface area contributed by atoms with Crippen molar-refractivity contribution in [1.82, 2.24) is 9.97 Å². The Hall–Kier alpha value is -2.16. The molecule has 2 rings (SSSR count). The van der Waals surface area contributed by atoms with Gasteiger partial charge in [0.1, 0.15) is 12.2 Å². The molecule has 1 heterocycles. The molecule has 1 N–H and O–H groups in total. The fourth-order valence-corrected chi connectivity index (χ4v) is 2.26. The smallest absolute Gasteiger partial charge is 0.306 e. The molecule has 0 saturated heterocycles. The largest absolute Gasteiger partial charge is 0.481 e. The third-order valence-corrected chi connectivity index (χ3v) is 3.22. The van der Waals surface area contributed by atoms with Crippen molar-refractivity contribution < 1.29 is 14.6 Å². The minimum Gasteiger partial charge on any atom is -0.481 e. The fourth-order valence-electron chi connectivity index (χ4n) is 2.26. The molecule has 100 valence electrons. The molecule has 0 radical (unpaired) electrons. The zero-order valence-electron chi connectivity index (χ0n) is 10.7. The molecule has 1 aliphatic rings. The molecule has 0 bridgehead atoms.